The number of hydrogen-bond donors (Lipinski definition) is 2. The van der Waals surface area contributed by atoms with Gasteiger partial charge in [-0.15, -0.1) is 0 Å². The molecule has 0 aliphatic heterocycles. The molecule has 0 amide bonds. The first-order valence-corrected chi connectivity index (χ1v) is 8.12. The first-order chi connectivity index (χ1) is 9.97. The van der Waals surface area contributed by atoms with Crippen LogP contribution < -0.4 is 5.73 Å². The average Bonchev–Trinajstić information content (AvgIpc) is 2.43. The van der Waals surface area contributed by atoms with Crippen molar-refractivity contribution in [3.8, 4) is 0 Å². The molecule has 0 bridgehead atoms. The maximum Gasteiger partial charge on any atom is 0.320 e. The van der Waals surface area contributed by atoms with Crippen LogP contribution in [0.15, 0.2) is 24.3 Å². The molecule has 1 atom stereocenters. The second-order valence-electron chi connectivity index (χ2n) is 4.92. The monoisotopic (exact) mass is 324 g/mol. The third-order valence-corrected chi connectivity index (χ3v) is 4.51. The van der Waals surface area contributed by atoms with E-state index < -0.39 is 12.0 Å². The molecular weight excluding hydrogens is 308 g/mol. The Bertz CT molecular complexity index is 663. The highest BCUT2D eigenvalue weighted by Crippen LogP contribution is 2.25. The molecule has 1 unspecified atom stereocenters. The SMILES string of the molecule is Cc1ccc2cc(CSCCC(N)C(=O)O)c(Cl)nc2c1. The molecule has 21 heavy (non-hydrogen) atoms. The standard InChI is InChI=1S/C15H17ClN2O2S/c1-9-2-3-10-7-11(14(16)18-13(10)6-9)8-21-5-4-12(17)15(19)20/h2-3,6-7,12H,4-5,8,17H2,1H3,(H,19,20). The summed E-state index contributed by atoms with van der Waals surface area (Å²) in [5.41, 5.74) is 8.46. The number of aliphatic carboxylic acids is 1. The lowest BCUT2D eigenvalue weighted by molar-refractivity contribution is -0.138. The summed E-state index contributed by atoms with van der Waals surface area (Å²) in [4.78, 5) is 15.0. The van der Waals surface area contributed by atoms with Crippen LogP contribution in [0.25, 0.3) is 10.9 Å². The number of carboxylic acids is 1. The largest absolute Gasteiger partial charge is 0.480 e. The van der Waals surface area contributed by atoms with Gasteiger partial charge in [-0.1, -0.05) is 23.7 Å². The van der Waals surface area contributed by atoms with E-state index in [1.165, 1.54) is 0 Å². The Kier molecular flexibility index (Phi) is 5.45. The molecule has 0 saturated carbocycles. The number of carbonyl (C=O) groups is 1. The maximum absolute atomic E-state index is 10.6. The lowest BCUT2D eigenvalue weighted by Gasteiger charge is -2.08. The van der Waals surface area contributed by atoms with Gasteiger partial charge in [-0.05, 0) is 36.8 Å². The quantitative estimate of drug-likeness (QED) is 0.630. The summed E-state index contributed by atoms with van der Waals surface area (Å²) in [5, 5.41) is 10.3. The number of aromatic nitrogens is 1. The zero-order valence-electron chi connectivity index (χ0n) is 11.7. The highest BCUT2D eigenvalue weighted by Gasteiger charge is 2.11. The number of aryl methyl sites for hydroxylation is 1. The van der Waals surface area contributed by atoms with E-state index in [1.54, 1.807) is 11.8 Å². The van der Waals surface area contributed by atoms with Gasteiger partial charge >= 0.3 is 5.97 Å². The fourth-order valence-corrected chi connectivity index (χ4v) is 3.21. The maximum atomic E-state index is 10.6. The van der Waals surface area contributed by atoms with Crippen molar-refractivity contribution in [3.05, 3.63) is 40.5 Å². The Morgan fingerprint density at radius 1 is 1.48 bits per heavy atom. The number of fused-ring (bicyclic) bond motifs is 1. The molecule has 1 aromatic carbocycles. The molecule has 112 valence electrons. The van der Waals surface area contributed by atoms with E-state index in [-0.39, 0.29) is 0 Å². The normalized spacial score (nSPS) is 12.5. The molecule has 1 heterocycles. The molecule has 0 aliphatic carbocycles. The van der Waals surface area contributed by atoms with Gasteiger partial charge in [-0.2, -0.15) is 11.8 Å². The van der Waals surface area contributed by atoms with Crippen molar-refractivity contribution in [2.75, 3.05) is 5.75 Å². The van der Waals surface area contributed by atoms with Crippen molar-refractivity contribution >= 4 is 40.2 Å². The van der Waals surface area contributed by atoms with Crippen LogP contribution in [0.1, 0.15) is 17.5 Å². The zero-order valence-corrected chi connectivity index (χ0v) is 13.2. The Morgan fingerprint density at radius 2 is 2.24 bits per heavy atom. The molecule has 2 aromatic rings. The van der Waals surface area contributed by atoms with Crippen molar-refractivity contribution in [2.24, 2.45) is 5.73 Å². The lowest BCUT2D eigenvalue weighted by atomic mass is 10.1. The summed E-state index contributed by atoms with van der Waals surface area (Å²) in [7, 11) is 0. The summed E-state index contributed by atoms with van der Waals surface area (Å²) < 4.78 is 0. The zero-order chi connectivity index (χ0) is 15.4. The van der Waals surface area contributed by atoms with Gasteiger partial charge in [0.2, 0.25) is 0 Å². The predicted octanol–water partition coefficient (Wildman–Crippen LogP) is 3.23. The van der Waals surface area contributed by atoms with Crippen LogP contribution in [0.3, 0.4) is 0 Å². The third-order valence-electron chi connectivity index (χ3n) is 3.15. The average molecular weight is 325 g/mol. The van der Waals surface area contributed by atoms with E-state index in [0.29, 0.717) is 23.1 Å². The number of pyridine rings is 1. The van der Waals surface area contributed by atoms with Crippen LogP contribution in [0.2, 0.25) is 5.15 Å². The Hall–Kier alpha value is -1.30. The summed E-state index contributed by atoms with van der Waals surface area (Å²) in [6.45, 7) is 2.02. The van der Waals surface area contributed by atoms with Crippen molar-refractivity contribution in [1.29, 1.82) is 0 Å². The van der Waals surface area contributed by atoms with Crippen molar-refractivity contribution in [3.63, 3.8) is 0 Å². The molecular formula is C15H17ClN2O2S. The van der Waals surface area contributed by atoms with E-state index >= 15 is 0 Å². The van der Waals surface area contributed by atoms with Crippen LogP contribution in [0, 0.1) is 6.92 Å². The minimum Gasteiger partial charge on any atom is -0.480 e. The van der Waals surface area contributed by atoms with Gasteiger partial charge in [0.15, 0.2) is 0 Å². The molecule has 0 saturated heterocycles. The van der Waals surface area contributed by atoms with Crippen LogP contribution in [-0.2, 0) is 10.5 Å². The predicted molar refractivity (Wildman–Crippen MR) is 87.9 cm³/mol. The molecule has 2 rings (SSSR count). The number of thioether (sulfide) groups is 1. The number of benzene rings is 1. The summed E-state index contributed by atoms with van der Waals surface area (Å²) in [6, 6.07) is 7.31. The minimum atomic E-state index is -0.962. The molecule has 4 nitrogen and oxygen atoms in total. The fraction of sp³-hybridized carbons (Fsp3) is 0.333. The number of nitrogens with two attached hydrogens (primary N) is 1. The van der Waals surface area contributed by atoms with Crippen LogP contribution in [0.5, 0.6) is 0 Å². The summed E-state index contributed by atoms with van der Waals surface area (Å²) in [6.07, 6.45) is 0.442. The smallest absolute Gasteiger partial charge is 0.320 e. The highest BCUT2D eigenvalue weighted by atomic mass is 35.5. The van der Waals surface area contributed by atoms with Crippen molar-refractivity contribution < 1.29 is 9.90 Å². The van der Waals surface area contributed by atoms with Gasteiger partial charge < -0.3 is 10.8 Å². The van der Waals surface area contributed by atoms with Gasteiger partial charge in [-0.25, -0.2) is 4.98 Å². The fourth-order valence-electron chi connectivity index (χ4n) is 1.91. The van der Waals surface area contributed by atoms with Crippen LogP contribution in [0.4, 0.5) is 0 Å². The first-order valence-electron chi connectivity index (χ1n) is 6.59. The molecule has 0 aliphatic rings. The molecule has 0 spiro atoms. The second kappa shape index (κ2) is 7.11. The van der Waals surface area contributed by atoms with E-state index in [0.717, 1.165) is 22.0 Å². The number of rotatable bonds is 6. The molecule has 0 radical (unpaired) electrons. The third kappa shape index (κ3) is 4.33. The molecule has 0 fully saturated rings. The summed E-state index contributed by atoms with van der Waals surface area (Å²) in [5.74, 6) is 0.411. The van der Waals surface area contributed by atoms with Gasteiger partial charge in [0.1, 0.15) is 11.2 Å². The molecule has 6 heteroatoms. The Morgan fingerprint density at radius 3 is 2.95 bits per heavy atom. The van der Waals surface area contributed by atoms with E-state index in [1.807, 2.05) is 31.2 Å². The number of nitrogens with zero attached hydrogens (tertiary/aromatic N) is 1. The van der Waals surface area contributed by atoms with Crippen molar-refractivity contribution in [2.45, 2.75) is 25.1 Å². The summed E-state index contributed by atoms with van der Waals surface area (Å²) >= 11 is 7.81. The number of halogens is 1. The van der Waals surface area contributed by atoms with E-state index in [2.05, 4.69) is 4.98 Å². The van der Waals surface area contributed by atoms with Crippen LogP contribution >= 0.6 is 23.4 Å². The number of carboxylic acid groups (broad SMARTS) is 1. The number of hydrogen-bond acceptors (Lipinski definition) is 4. The van der Waals surface area contributed by atoms with Crippen LogP contribution in [-0.4, -0.2) is 27.9 Å². The van der Waals surface area contributed by atoms with Gasteiger partial charge in [0.25, 0.3) is 0 Å². The molecule has 3 N–H and O–H groups in total. The van der Waals surface area contributed by atoms with Gasteiger partial charge in [-0.3, -0.25) is 4.79 Å². The minimum absolute atomic E-state index is 0.442. The Balaban J connectivity index is 2.00. The Labute approximate surface area is 132 Å². The second-order valence-corrected chi connectivity index (χ2v) is 6.38. The highest BCUT2D eigenvalue weighted by molar-refractivity contribution is 7.98. The van der Waals surface area contributed by atoms with E-state index in [4.69, 9.17) is 22.4 Å². The van der Waals surface area contributed by atoms with Gasteiger partial charge in [0.05, 0.1) is 5.52 Å². The topological polar surface area (TPSA) is 76.2 Å². The van der Waals surface area contributed by atoms with Crippen molar-refractivity contribution in [1.82, 2.24) is 4.98 Å². The van der Waals surface area contributed by atoms with E-state index in [9.17, 15) is 4.79 Å². The van der Waals surface area contributed by atoms with Gasteiger partial charge in [0, 0.05) is 16.7 Å². The molecule has 1 aromatic heterocycles. The lowest BCUT2D eigenvalue weighted by Crippen LogP contribution is -2.30. The first kappa shape index (κ1) is 16.1.